The third-order valence-corrected chi connectivity index (χ3v) is 3.25. The molecule has 1 unspecified atom stereocenters. The Kier molecular flexibility index (Phi) is 3.46. The van der Waals surface area contributed by atoms with Gasteiger partial charge in [-0.05, 0) is 19.4 Å². The second-order valence-corrected chi connectivity index (χ2v) is 4.22. The SMILES string of the molecule is CCOc1ccccc1C1(CN)CCOC1. The Morgan fingerprint density at radius 2 is 2.25 bits per heavy atom. The number of para-hydroxylation sites is 1. The third-order valence-electron chi connectivity index (χ3n) is 3.25. The van der Waals surface area contributed by atoms with Gasteiger partial charge in [0.2, 0.25) is 0 Å². The Morgan fingerprint density at radius 3 is 2.88 bits per heavy atom. The van der Waals surface area contributed by atoms with Gasteiger partial charge in [0.05, 0.1) is 13.2 Å². The first-order chi connectivity index (χ1) is 7.82. The van der Waals surface area contributed by atoms with Crippen LogP contribution in [0.5, 0.6) is 5.75 Å². The normalized spacial score (nSPS) is 24.6. The summed E-state index contributed by atoms with van der Waals surface area (Å²) in [6.45, 7) is 4.78. The van der Waals surface area contributed by atoms with Crippen molar-refractivity contribution in [3.8, 4) is 5.75 Å². The maximum atomic E-state index is 5.93. The molecule has 1 aromatic carbocycles. The van der Waals surface area contributed by atoms with Crippen molar-refractivity contribution >= 4 is 0 Å². The molecule has 0 aliphatic carbocycles. The Morgan fingerprint density at radius 1 is 1.44 bits per heavy atom. The summed E-state index contributed by atoms with van der Waals surface area (Å²) in [5.41, 5.74) is 7.07. The fraction of sp³-hybridized carbons (Fsp3) is 0.538. The van der Waals surface area contributed by atoms with E-state index in [9.17, 15) is 0 Å². The predicted molar refractivity (Wildman–Crippen MR) is 63.8 cm³/mol. The van der Waals surface area contributed by atoms with Crippen molar-refractivity contribution in [2.45, 2.75) is 18.8 Å². The highest BCUT2D eigenvalue weighted by atomic mass is 16.5. The number of hydrogen-bond acceptors (Lipinski definition) is 3. The van der Waals surface area contributed by atoms with Crippen molar-refractivity contribution in [1.29, 1.82) is 0 Å². The fourth-order valence-corrected chi connectivity index (χ4v) is 2.28. The Hall–Kier alpha value is -1.06. The molecule has 0 radical (unpaired) electrons. The molecule has 1 aliphatic rings. The van der Waals surface area contributed by atoms with E-state index in [0.29, 0.717) is 19.8 Å². The van der Waals surface area contributed by atoms with Crippen molar-refractivity contribution in [1.82, 2.24) is 0 Å². The van der Waals surface area contributed by atoms with Gasteiger partial charge in [0.25, 0.3) is 0 Å². The van der Waals surface area contributed by atoms with Crippen molar-refractivity contribution in [3.63, 3.8) is 0 Å². The lowest BCUT2D eigenvalue weighted by Crippen LogP contribution is -2.36. The van der Waals surface area contributed by atoms with Gasteiger partial charge in [0.15, 0.2) is 0 Å². The third kappa shape index (κ3) is 1.93. The number of hydrogen-bond donors (Lipinski definition) is 1. The lowest BCUT2D eigenvalue weighted by Gasteiger charge is -2.28. The summed E-state index contributed by atoms with van der Waals surface area (Å²) in [6, 6.07) is 8.14. The Balaban J connectivity index is 2.37. The first-order valence-electron chi connectivity index (χ1n) is 5.82. The molecule has 0 saturated carbocycles. The van der Waals surface area contributed by atoms with Gasteiger partial charge < -0.3 is 15.2 Å². The maximum Gasteiger partial charge on any atom is 0.123 e. The zero-order valence-corrected chi connectivity index (χ0v) is 9.74. The Labute approximate surface area is 96.5 Å². The van der Waals surface area contributed by atoms with Gasteiger partial charge in [-0.15, -0.1) is 0 Å². The molecule has 1 aromatic rings. The first kappa shape index (κ1) is 11.4. The van der Waals surface area contributed by atoms with E-state index >= 15 is 0 Å². The number of ether oxygens (including phenoxy) is 2. The molecule has 1 fully saturated rings. The van der Waals surface area contributed by atoms with Gasteiger partial charge in [0, 0.05) is 24.1 Å². The highest BCUT2D eigenvalue weighted by Crippen LogP contribution is 2.37. The van der Waals surface area contributed by atoms with E-state index in [-0.39, 0.29) is 5.41 Å². The molecule has 1 heterocycles. The van der Waals surface area contributed by atoms with Gasteiger partial charge in [-0.25, -0.2) is 0 Å². The molecule has 16 heavy (non-hydrogen) atoms. The lowest BCUT2D eigenvalue weighted by molar-refractivity contribution is 0.177. The molecular weight excluding hydrogens is 202 g/mol. The summed E-state index contributed by atoms with van der Waals surface area (Å²) in [4.78, 5) is 0. The molecule has 3 nitrogen and oxygen atoms in total. The van der Waals surface area contributed by atoms with E-state index in [4.69, 9.17) is 15.2 Å². The van der Waals surface area contributed by atoms with Crippen LogP contribution < -0.4 is 10.5 Å². The molecule has 2 N–H and O–H groups in total. The molecule has 0 spiro atoms. The van der Waals surface area contributed by atoms with Crippen LogP contribution in [0.2, 0.25) is 0 Å². The Bertz CT molecular complexity index is 346. The quantitative estimate of drug-likeness (QED) is 0.841. The molecule has 2 rings (SSSR count). The van der Waals surface area contributed by atoms with Gasteiger partial charge in [0.1, 0.15) is 5.75 Å². The van der Waals surface area contributed by atoms with Crippen LogP contribution in [-0.2, 0) is 10.2 Å². The summed E-state index contributed by atoms with van der Waals surface area (Å²) in [6.07, 6.45) is 0.980. The average molecular weight is 221 g/mol. The van der Waals surface area contributed by atoms with Gasteiger partial charge in [-0.1, -0.05) is 18.2 Å². The van der Waals surface area contributed by atoms with E-state index in [2.05, 4.69) is 6.07 Å². The number of nitrogens with two attached hydrogens (primary N) is 1. The molecule has 1 saturated heterocycles. The highest BCUT2D eigenvalue weighted by Gasteiger charge is 2.37. The number of benzene rings is 1. The topological polar surface area (TPSA) is 44.5 Å². The predicted octanol–water partition coefficient (Wildman–Crippen LogP) is 1.70. The summed E-state index contributed by atoms with van der Waals surface area (Å²) < 4.78 is 11.2. The second-order valence-electron chi connectivity index (χ2n) is 4.22. The minimum absolute atomic E-state index is 0.0498. The van der Waals surface area contributed by atoms with E-state index in [1.807, 2.05) is 25.1 Å². The second kappa shape index (κ2) is 4.85. The maximum absolute atomic E-state index is 5.93. The first-order valence-corrected chi connectivity index (χ1v) is 5.82. The van der Waals surface area contributed by atoms with E-state index in [1.54, 1.807) is 0 Å². The monoisotopic (exact) mass is 221 g/mol. The molecule has 0 amide bonds. The summed E-state index contributed by atoms with van der Waals surface area (Å²) in [5, 5.41) is 0. The zero-order valence-electron chi connectivity index (χ0n) is 9.74. The van der Waals surface area contributed by atoms with Crippen LogP contribution in [0.3, 0.4) is 0 Å². The number of rotatable bonds is 4. The molecule has 1 atom stereocenters. The van der Waals surface area contributed by atoms with Crippen LogP contribution in [-0.4, -0.2) is 26.4 Å². The largest absolute Gasteiger partial charge is 0.494 e. The lowest BCUT2D eigenvalue weighted by atomic mass is 9.79. The summed E-state index contributed by atoms with van der Waals surface area (Å²) >= 11 is 0. The van der Waals surface area contributed by atoms with Crippen molar-refractivity contribution < 1.29 is 9.47 Å². The average Bonchev–Trinajstić information content (AvgIpc) is 2.80. The smallest absolute Gasteiger partial charge is 0.123 e. The standard InChI is InChI=1S/C13H19NO2/c1-2-16-12-6-4-3-5-11(12)13(9-14)7-8-15-10-13/h3-6H,2,7-10,14H2,1H3. The van der Waals surface area contributed by atoms with E-state index in [0.717, 1.165) is 18.8 Å². The summed E-state index contributed by atoms with van der Waals surface area (Å²) in [7, 11) is 0. The van der Waals surface area contributed by atoms with Gasteiger partial charge >= 0.3 is 0 Å². The van der Waals surface area contributed by atoms with Crippen molar-refractivity contribution in [2.24, 2.45) is 5.73 Å². The van der Waals surface area contributed by atoms with E-state index < -0.39 is 0 Å². The molecule has 0 bridgehead atoms. The van der Waals surface area contributed by atoms with Crippen LogP contribution in [0.1, 0.15) is 18.9 Å². The summed E-state index contributed by atoms with van der Waals surface area (Å²) in [5.74, 6) is 0.945. The molecular formula is C13H19NO2. The van der Waals surface area contributed by atoms with Crippen LogP contribution in [0.15, 0.2) is 24.3 Å². The van der Waals surface area contributed by atoms with Crippen molar-refractivity contribution in [2.75, 3.05) is 26.4 Å². The van der Waals surface area contributed by atoms with Crippen LogP contribution >= 0.6 is 0 Å². The van der Waals surface area contributed by atoms with E-state index in [1.165, 1.54) is 5.56 Å². The van der Waals surface area contributed by atoms with Crippen LogP contribution in [0.4, 0.5) is 0 Å². The van der Waals surface area contributed by atoms with Crippen LogP contribution in [0, 0.1) is 0 Å². The zero-order chi connectivity index (χ0) is 11.4. The highest BCUT2D eigenvalue weighted by molar-refractivity contribution is 5.40. The molecule has 3 heteroatoms. The molecule has 88 valence electrons. The van der Waals surface area contributed by atoms with Gasteiger partial charge in [-0.2, -0.15) is 0 Å². The van der Waals surface area contributed by atoms with Crippen LogP contribution in [0.25, 0.3) is 0 Å². The minimum Gasteiger partial charge on any atom is -0.494 e. The molecule has 0 aromatic heterocycles. The fourth-order valence-electron chi connectivity index (χ4n) is 2.28. The molecule has 1 aliphatic heterocycles. The van der Waals surface area contributed by atoms with Gasteiger partial charge in [-0.3, -0.25) is 0 Å². The minimum atomic E-state index is -0.0498. The van der Waals surface area contributed by atoms with Crippen molar-refractivity contribution in [3.05, 3.63) is 29.8 Å².